The summed E-state index contributed by atoms with van der Waals surface area (Å²) in [5.74, 6) is -1.23. The maximum absolute atomic E-state index is 9.99. The fourth-order valence-corrected chi connectivity index (χ4v) is 0.579. The quantitative estimate of drug-likeness (QED) is 0.614. The molecule has 1 rings (SSSR count). The fourth-order valence-electron chi connectivity index (χ4n) is 0.579. The smallest absolute Gasteiger partial charge is 0.241 e. The molecule has 1 aromatic heterocycles. The van der Waals surface area contributed by atoms with Crippen LogP contribution in [0, 0.1) is 9.81 Å². The Labute approximate surface area is 65.9 Å². The highest BCUT2D eigenvalue weighted by Gasteiger charge is 2.09. The third-order valence-electron chi connectivity index (χ3n) is 1.08. The lowest BCUT2D eigenvalue weighted by molar-refractivity contribution is 1.16. The van der Waals surface area contributed by atoms with Crippen molar-refractivity contribution in [2.45, 2.75) is 0 Å². The standard InChI is InChI=1S/C4H4N6O2/c5-1-3(9-11)8-4(10-12)2(6)7-1/h(H4,5,6,7). The van der Waals surface area contributed by atoms with Crippen molar-refractivity contribution in [2.24, 2.45) is 10.4 Å². The zero-order chi connectivity index (χ0) is 9.14. The van der Waals surface area contributed by atoms with Crippen LogP contribution in [0.2, 0.25) is 0 Å². The molecular weight excluding hydrogens is 164 g/mol. The van der Waals surface area contributed by atoms with Crippen molar-refractivity contribution in [3.63, 3.8) is 0 Å². The van der Waals surface area contributed by atoms with Gasteiger partial charge < -0.3 is 11.5 Å². The molecule has 0 radical (unpaired) electrons. The van der Waals surface area contributed by atoms with E-state index in [1.165, 1.54) is 0 Å². The molecule has 1 aromatic rings. The van der Waals surface area contributed by atoms with Gasteiger partial charge in [0.25, 0.3) is 0 Å². The zero-order valence-corrected chi connectivity index (χ0v) is 5.76. The van der Waals surface area contributed by atoms with E-state index in [0.29, 0.717) is 0 Å². The normalized spacial score (nSPS) is 9.33. The largest absolute Gasteiger partial charge is 0.380 e. The van der Waals surface area contributed by atoms with Gasteiger partial charge in [-0.2, -0.15) is 4.98 Å². The molecule has 0 saturated heterocycles. The molecule has 12 heavy (non-hydrogen) atoms. The van der Waals surface area contributed by atoms with Crippen molar-refractivity contribution in [1.29, 1.82) is 0 Å². The monoisotopic (exact) mass is 168 g/mol. The van der Waals surface area contributed by atoms with Gasteiger partial charge in [0.2, 0.25) is 11.6 Å². The molecule has 8 nitrogen and oxygen atoms in total. The third kappa shape index (κ3) is 1.17. The summed E-state index contributed by atoms with van der Waals surface area (Å²) < 4.78 is 0. The average Bonchev–Trinajstić information content (AvgIpc) is 2.05. The number of hydrogen-bond donors (Lipinski definition) is 2. The topological polar surface area (TPSA) is 137 Å². The van der Waals surface area contributed by atoms with Gasteiger partial charge in [-0.25, -0.2) is 4.98 Å². The van der Waals surface area contributed by atoms with Crippen molar-refractivity contribution in [2.75, 3.05) is 11.5 Å². The minimum Gasteiger partial charge on any atom is -0.380 e. The lowest BCUT2D eigenvalue weighted by Crippen LogP contribution is -1.98. The number of nitrogens with zero attached hydrogens (tertiary/aromatic N) is 4. The second-order valence-electron chi connectivity index (χ2n) is 1.82. The van der Waals surface area contributed by atoms with Crippen LogP contribution in [0.4, 0.5) is 23.3 Å². The predicted octanol–water partition coefficient (Wildman–Crippen LogP) is 0.437. The molecule has 0 spiro atoms. The van der Waals surface area contributed by atoms with Crippen LogP contribution in [0.1, 0.15) is 0 Å². The summed E-state index contributed by atoms with van der Waals surface area (Å²) >= 11 is 0. The molecule has 0 aliphatic rings. The number of nitrogen functional groups attached to an aromatic ring is 2. The molecule has 4 N–H and O–H groups in total. The second kappa shape index (κ2) is 2.86. The highest BCUT2D eigenvalue weighted by Crippen LogP contribution is 2.24. The van der Waals surface area contributed by atoms with Crippen LogP contribution in [0.5, 0.6) is 0 Å². The maximum Gasteiger partial charge on any atom is 0.241 e. The van der Waals surface area contributed by atoms with Crippen molar-refractivity contribution in [1.82, 2.24) is 9.97 Å². The average molecular weight is 168 g/mol. The van der Waals surface area contributed by atoms with Gasteiger partial charge in [-0.3, -0.25) is 0 Å². The molecule has 8 heteroatoms. The Morgan fingerprint density at radius 2 is 1.33 bits per heavy atom. The molecule has 0 aliphatic heterocycles. The molecule has 0 fully saturated rings. The van der Waals surface area contributed by atoms with Gasteiger partial charge >= 0.3 is 0 Å². The molecule has 1 heterocycles. The lowest BCUT2D eigenvalue weighted by atomic mass is 10.5. The molecule has 0 saturated carbocycles. The van der Waals surface area contributed by atoms with Gasteiger partial charge in [-0.15, -0.1) is 9.81 Å². The van der Waals surface area contributed by atoms with Crippen molar-refractivity contribution in [3.05, 3.63) is 9.81 Å². The summed E-state index contributed by atoms with van der Waals surface area (Å²) in [6.45, 7) is 0. The van der Waals surface area contributed by atoms with Crippen molar-refractivity contribution < 1.29 is 0 Å². The first-order valence-corrected chi connectivity index (χ1v) is 2.78. The fraction of sp³-hybridized carbons (Fsp3) is 0. The van der Waals surface area contributed by atoms with Crippen LogP contribution in [-0.2, 0) is 0 Å². The predicted molar refractivity (Wildman–Crippen MR) is 41.8 cm³/mol. The first-order valence-electron chi connectivity index (χ1n) is 2.78. The van der Waals surface area contributed by atoms with E-state index in [9.17, 15) is 9.81 Å². The van der Waals surface area contributed by atoms with Crippen LogP contribution < -0.4 is 11.5 Å². The molecule has 0 aromatic carbocycles. The van der Waals surface area contributed by atoms with Gasteiger partial charge in [-0.1, -0.05) is 0 Å². The maximum atomic E-state index is 9.99. The summed E-state index contributed by atoms with van der Waals surface area (Å²) in [5.41, 5.74) is 10.3. The summed E-state index contributed by atoms with van der Waals surface area (Å²) in [6.07, 6.45) is 0. The minimum absolute atomic E-state index is 0.227. The van der Waals surface area contributed by atoms with E-state index in [1.807, 2.05) is 0 Å². The third-order valence-corrected chi connectivity index (χ3v) is 1.08. The van der Waals surface area contributed by atoms with E-state index in [2.05, 4.69) is 20.3 Å². The van der Waals surface area contributed by atoms with Crippen LogP contribution in [-0.4, -0.2) is 9.97 Å². The van der Waals surface area contributed by atoms with Gasteiger partial charge in [0, 0.05) is 0 Å². The Morgan fingerprint density at radius 1 is 0.917 bits per heavy atom. The van der Waals surface area contributed by atoms with E-state index < -0.39 is 0 Å². The van der Waals surface area contributed by atoms with Crippen LogP contribution in [0.15, 0.2) is 10.4 Å². The van der Waals surface area contributed by atoms with E-state index >= 15 is 0 Å². The first-order chi connectivity index (χ1) is 5.69. The number of hydrogen-bond acceptors (Lipinski definition) is 8. The molecule has 0 aliphatic carbocycles. The summed E-state index contributed by atoms with van der Waals surface area (Å²) in [5, 5.41) is 4.83. The van der Waals surface area contributed by atoms with E-state index in [1.54, 1.807) is 0 Å². The van der Waals surface area contributed by atoms with Crippen molar-refractivity contribution in [3.8, 4) is 0 Å². The molecule has 0 amide bonds. The molecule has 0 atom stereocenters. The van der Waals surface area contributed by atoms with Gasteiger partial charge in [0.05, 0.1) is 0 Å². The number of rotatable bonds is 2. The Hall–Kier alpha value is -2.12. The van der Waals surface area contributed by atoms with Gasteiger partial charge in [0.15, 0.2) is 11.6 Å². The van der Waals surface area contributed by atoms with Crippen LogP contribution in [0.3, 0.4) is 0 Å². The highest BCUT2D eigenvalue weighted by molar-refractivity contribution is 5.63. The van der Waals surface area contributed by atoms with Gasteiger partial charge in [-0.05, 0) is 10.4 Å². The Kier molecular flexibility index (Phi) is 1.90. The number of anilines is 2. The van der Waals surface area contributed by atoms with Gasteiger partial charge in [0.1, 0.15) is 0 Å². The SMILES string of the molecule is Nc1nc(N)c(N=O)nc1N=O. The summed E-state index contributed by atoms with van der Waals surface area (Å²) in [7, 11) is 0. The summed E-state index contributed by atoms with van der Waals surface area (Å²) in [4.78, 5) is 26.7. The number of nitrogens with two attached hydrogens (primary N) is 2. The molecular formula is C4H4N6O2. The molecule has 62 valence electrons. The van der Waals surface area contributed by atoms with E-state index in [-0.39, 0.29) is 23.3 Å². The number of aromatic nitrogens is 2. The Bertz CT molecular complexity index is 307. The lowest BCUT2D eigenvalue weighted by Gasteiger charge is -1.97. The second-order valence-corrected chi connectivity index (χ2v) is 1.82. The Balaban J connectivity index is 3.36. The van der Waals surface area contributed by atoms with E-state index in [0.717, 1.165) is 0 Å². The zero-order valence-electron chi connectivity index (χ0n) is 5.76. The minimum atomic E-state index is -0.390. The summed E-state index contributed by atoms with van der Waals surface area (Å²) in [6, 6.07) is 0. The first kappa shape index (κ1) is 7.98. The Morgan fingerprint density at radius 3 is 1.67 bits per heavy atom. The van der Waals surface area contributed by atoms with E-state index in [4.69, 9.17) is 11.5 Å². The molecule has 0 unspecified atom stereocenters. The van der Waals surface area contributed by atoms with Crippen LogP contribution >= 0.6 is 0 Å². The van der Waals surface area contributed by atoms with Crippen molar-refractivity contribution >= 4 is 23.3 Å². The number of nitroso groups, excluding NO2 is 2. The highest BCUT2D eigenvalue weighted by atomic mass is 16.3. The van der Waals surface area contributed by atoms with Crippen LogP contribution in [0.25, 0.3) is 0 Å². The molecule has 0 bridgehead atoms.